The molecular formula is C18H14N4O4. The number of nitrogens with zero attached hydrogens (tertiary/aromatic N) is 2. The Labute approximate surface area is 147 Å². The van der Waals surface area contributed by atoms with Crippen LogP contribution in [0, 0.1) is 0 Å². The summed E-state index contributed by atoms with van der Waals surface area (Å²) in [5, 5.41) is 9.06. The zero-order valence-corrected chi connectivity index (χ0v) is 13.6. The minimum atomic E-state index is -0.550. The summed E-state index contributed by atoms with van der Waals surface area (Å²) < 4.78 is 10.6. The van der Waals surface area contributed by atoms with Crippen molar-refractivity contribution in [3.8, 4) is 22.8 Å². The van der Waals surface area contributed by atoms with E-state index in [4.69, 9.17) is 9.47 Å². The van der Waals surface area contributed by atoms with Gasteiger partial charge >= 0.3 is 0 Å². The Morgan fingerprint density at radius 1 is 1.12 bits per heavy atom. The molecule has 3 heterocycles. The number of pyridine rings is 1. The normalized spacial score (nSPS) is 12.0. The fraction of sp³-hybridized carbons (Fsp3) is 0.111. The standard InChI is InChI=1S/C18H14N4O4/c23-17(20-9-11-1-2-15-16(7-11)26-10-25-15)13-8-14(21-22-18(13)24)12-3-5-19-6-4-12/h1-8H,9-10H2,(H,20,23)(H,22,24). The van der Waals surface area contributed by atoms with Gasteiger partial charge in [0.1, 0.15) is 5.56 Å². The topological polar surface area (TPSA) is 106 Å². The molecule has 1 aliphatic rings. The maximum absolute atomic E-state index is 12.4. The van der Waals surface area contributed by atoms with E-state index in [1.54, 1.807) is 36.7 Å². The van der Waals surface area contributed by atoms with Crippen LogP contribution in [-0.2, 0) is 6.54 Å². The molecule has 2 aromatic heterocycles. The van der Waals surface area contributed by atoms with Crippen molar-refractivity contribution >= 4 is 5.91 Å². The first-order valence-electron chi connectivity index (χ1n) is 7.87. The van der Waals surface area contributed by atoms with Crippen LogP contribution < -0.4 is 20.3 Å². The molecule has 8 nitrogen and oxygen atoms in total. The zero-order chi connectivity index (χ0) is 17.9. The third kappa shape index (κ3) is 3.12. The summed E-state index contributed by atoms with van der Waals surface area (Å²) in [5.74, 6) is 0.827. The monoisotopic (exact) mass is 350 g/mol. The number of H-pyrrole nitrogens is 1. The van der Waals surface area contributed by atoms with E-state index in [9.17, 15) is 9.59 Å². The highest BCUT2D eigenvalue weighted by Gasteiger charge is 2.15. The van der Waals surface area contributed by atoms with E-state index in [0.717, 1.165) is 11.1 Å². The van der Waals surface area contributed by atoms with Crippen molar-refractivity contribution in [2.24, 2.45) is 0 Å². The Kier molecular flexibility index (Phi) is 4.06. The van der Waals surface area contributed by atoms with Gasteiger partial charge in [-0.3, -0.25) is 14.6 Å². The maximum Gasteiger partial charge on any atom is 0.277 e. The molecule has 0 fully saturated rings. The van der Waals surface area contributed by atoms with Crippen LogP contribution in [0.4, 0.5) is 0 Å². The summed E-state index contributed by atoms with van der Waals surface area (Å²) >= 11 is 0. The molecule has 1 aromatic carbocycles. The molecule has 1 aliphatic heterocycles. The lowest BCUT2D eigenvalue weighted by atomic mass is 10.1. The average Bonchev–Trinajstić information content (AvgIpc) is 3.15. The molecule has 0 saturated carbocycles. The van der Waals surface area contributed by atoms with E-state index in [1.807, 2.05) is 6.07 Å². The largest absolute Gasteiger partial charge is 0.454 e. The fourth-order valence-corrected chi connectivity index (χ4v) is 2.57. The minimum absolute atomic E-state index is 0.00689. The van der Waals surface area contributed by atoms with E-state index in [-0.39, 0.29) is 18.9 Å². The smallest absolute Gasteiger partial charge is 0.277 e. The lowest BCUT2D eigenvalue weighted by Crippen LogP contribution is -2.29. The van der Waals surface area contributed by atoms with Crippen molar-refractivity contribution < 1.29 is 14.3 Å². The number of hydrogen-bond acceptors (Lipinski definition) is 6. The summed E-state index contributed by atoms with van der Waals surface area (Å²) in [6, 6.07) is 10.4. The number of amides is 1. The molecule has 2 N–H and O–H groups in total. The predicted octanol–water partition coefficient (Wildman–Crippen LogP) is 1.49. The van der Waals surface area contributed by atoms with Crippen LogP contribution in [-0.4, -0.2) is 27.9 Å². The number of fused-ring (bicyclic) bond motifs is 1. The first kappa shape index (κ1) is 15.8. The van der Waals surface area contributed by atoms with Gasteiger partial charge in [0, 0.05) is 24.5 Å². The number of rotatable bonds is 4. The number of carbonyl (C=O) groups is 1. The Morgan fingerprint density at radius 3 is 2.77 bits per heavy atom. The molecule has 4 rings (SSSR count). The minimum Gasteiger partial charge on any atom is -0.454 e. The van der Waals surface area contributed by atoms with E-state index < -0.39 is 11.5 Å². The molecule has 0 radical (unpaired) electrons. The Hall–Kier alpha value is -3.68. The quantitative estimate of drug-likeness (QED) is 0.738. The molecule has 8 heteroatoms. The van der Waals surface area contributed by atoms with Crippen LogP contribution in [0.15, 0.2) is 53.6 Å². The van der Waals surface area contributed by atoms with Gasteiger partial charge in [-0.05, 0) is 35.9 Å². The molecule has 0 saturated heterocycles. The number of carbonyl (C=O) groups excluding carboxylic acids is 1. The first-order chi connectivity index (χ1) is 12.7. The summed E-state index contributed by atoms with van der Waals surface area (Å²) in [6.07, 6.45) is 3.23. The van der Waals surface area contributed by atoms with E-state index in [1.165, 1.54) is 6.07 Å². The molecule has 3 aromatic rings. The average molecular weight is 350 g/mol. The molecule has 0 spiro atoms. The van der Waals surface area contributed by atoms with Crippen LogP contribution in [0.5, 0.6) is 11.5 Å². The molecule has 130 valence electrons. The number of aromatic amines is 1. The SMILES string of the molecule is O=C(NCc1ccc2c(c1)OCO2)c1cc(-c2ccncc2)n[nH]c1=O. The summed E-state index contributed by atoms with van der Waals surface area (Å²) in [4.78, 5) is 28.3. The van der Waals surface area contributed by atoms with Gasteiger partial charge in [0.2, 0.25) is 6.79 Å². The molecule has 26 heavy (non-hydrogen) atoms. The molecule has 0 atom stereocenters. The Morgan fingerprint density at radius 2 is 1.92 bits per heavy atom. The second-order valence-corrected chi connectivity index (χ2v) is 5.60. The van der Waals surface area contributed by atoms with Crippen LogP contribution in [0.3, 0.4) is 0 Å². The Balaban J connectivity index is 1.52. The number of nitrogens with one attached hydrogen (secondary N) is 2. The van der Waals surface area contributed by atoms with E-state index in [0.29, 0.717) is 17.2 Å². The van der Waals surface area contributed by atoms with Crippen LogP contribution in [0.1, 0.15) is 15.9 Å². The van der Waals surface area contributed by atoms with Gasteiger partial charge in [0.15, 0.2) is 11.5 Å². The van der Waals surface area contributed by atoms with Crippen LogP contribution in [0.2, 0.25) is 0 Å². The van der Waals surface area contributed by atoms with Gasteiger partial charge < -0.3 is 14.8 Å². The lowest BCUT2D eigenvalue weighted by Gasteiger charge is -2.07. The first-order valence-corrected chi connectivity index (χ1v) is 7.87. The van der Waals surface area contributed by atoms with E-state index >= 15 is 0 Å². The zero-order valence-electron chi connectivity index (χ0n) is 13.6. The number of benzene rings is 1. The molecule has 0 aliphatic carbocycles. The van der Waals surface area contributed by atoms with Crippen molar-refractivity contribution in [3.63, 3.8) is 0 Å². The summed E-state index contributed by atoms with van der Waals surface area (Å²) in [7, 11) is 0. The van der Waals surface area contributed by atoms with Gasteiger partial charge in [-0.1, -0.05) is 6.07 Å². The molecule has 0 unspecified atom stereocenters. The van der Waals surface area contributed by atoms with Gasteiger partial charge in [-0.15, -0.1) is 0 Å². The highest BCUT2D eigenvalue weighted by molar-refractivity contribution is 5.94. The fourth-order valence-electron chi connectivity index (χ4n) is 2.57. The summed E-state index contributed by atoms with van der Waals surface area (Å²) in [6.45, 7) is 0.442. The Bertz CT molecular complexity index is 1020. The van der Waals surface area contributed by atoms with Gasteiger partial charge in [0.25, 0.3) is 11.5 Å². The maximum atomic E-state index is 12.4. The second kappa shape index (κ2) is 6.67. The van der Waals surface area contributed by atoms with Gasteiger partial charge in [-0.2, -0.15) is 5.10 Å². The van der Waals surface area contributed by atoms with Crippen LogP contribution in [0.25, 0.3) is 11.3 Å². The van der Waals surface area contributed by atoms with E-state index in [2.05, 4.69) is 20.5 Å². The predicted molar refractivity (Wildman–Crippen MR) is 91.8 cm³/mol. The van der Waals surface area contributed by atoms with Crippen LogP contribution >= 0.6 is 0 Å². The van der Waals surface area contributed by atoms with Crippen molar-refractivity contribution in [1.82, 2.24) is 20.5 Å². The third-order valence-electron chi connectivity index (χ3n) is 3.91. The molecule has 1 amide bonds. The number of ether oxygens (including phenoxy) is 2. The molecular weight excluding hydrogens is 336 g/mol. The van der Waals surface area contributed by atoms with Gasteiger partial charge in [-0.25, -0.2) is 5.10 Å². The highest BCUT2D eigenvalue weighted by atomic mass is 16.7. The number of aromatic nitrogens is 3. The summed E-state index contributed by atoms with van der Waals surface area (Å²) in [5.41, 5.74) is 1.52. The lowest BCUT2D eigenvalue weighted by molar-refractivity contribution is 0.0949. The van der Waals surface area contributed by atoms with Crippen molar-refractivity contribution in [3.05, 3.63) is 70.3 Å². The second-order valence-electron chi connectivity index (χ2n) is 5.60. The third-order valence-corrected chi connectivity index (χ3v) is 3.91. The van der Waals surface area contributed by atoms with Crippen molar-refractivity contribution in [1.29, 1.82) is 0 Å². The molecule has 0 bridgehead atoms. The van der Waals surface area contributed by atoms with Crippen molar-refractivity contribution in [2.75, 3.05) is 6.79 Å². The van der Waals surface area contributed by atoms with Crippen molar-refractivity contribution in [2.45, 2.75) is 6.54 Å². The number of hydrogen-bond donors (Lipinski definition) is 2. The van der Waals surface area contributed by atoms with Gasteiger partial charge in [0.05, 0.1) is 5.69 Å². The highest BCUT2D eigenvalue weighted by Crippen LogP contribution is 2.32.